The van der Waals surface area contributed by atoms with Crippen LogP contribution in [0.4, 0.5) is 5.95 Å². The van der Waals surface area contributed by atoms with Crippen molar-refractivity contribution in [3.8, 4) is 11.3 Å². The summed E-state index contributed by atoms with van der Waals surface area (Å²) in [6.07, 6.45) is 11.6. The summed E-state index contributed by atoms with van der Waals surface area (Å²) >= 11 is 0. The number of pyridine rings is 2. The number of hydrogen-bond donors (Lipinski definition) is 1. The van der Waals surface area contributed by atoms with Gasteiger partial charge < -0.3 is 5.32 Å². The number of anilines is 1. The fraction of sp³-hybridized carbons (Fsp3) is 0.143. The second kappa shape index (κ2) is 10.0. The zero-order valence-electron chi connectivity index (χ0n) is 19.2. The first-order valence-corrected chi connectivity index (χ1v) is 10.9. The SMILES string of the molecule is C=C(C)/C=C(\C=C/C)c1ncc(CNc2nccc(-c3ccc4ncccc4c3)n2)cc1C. The zero-order valence-corrected chi connectivity index (χ0v) is 19.2. The lowest BCUT2D eigenvalue weighted by Crippen LogP contribution is -2.05. The Morgan fingerprint density at radius 2 is 1.94 bits per heavy atom. The summed E-state index contributed by atoms with van der Waals surface area (Å²) in [6.45, 7) is 10.6. The van der Waals surface area contributed by atoms with E-state index < -0.39 is 0 Å². The smallest absolute Gasteiger partial charge is 0.223 e. The van der Waals surface area contributed by atoms with Crippen LogP contribution < -0.4 is 5.32 Å². The summed E-state index contributed by atoms with van der Waals surface area (Å²) in [6, 6.07) is 14.2. The first-order valence-electron chi connectivity index (χ1n) is 10.9. The zero-order chi connectivity index (χ0) is 23.2. The molecule has 0 atom stereocenters. The van der Waals surface area contributed by atoms with Crippen molar-refractivity contribution in [2.75, 3.05) is 5.32 Å². The molecule has 3 aromatic heterocycles. The summed E-state index contributed by atoms with van der Waals surface area (Å²) in [4.78, 5) is 18.2. The van der Waals surface area contributed by atoms with Gasteiger partial charge in [0.05, 0.1) is 16.9 Å². The normalized spacial score (nSPS) is 11.8. The Labute approximate surface area is 194 Å². The van der Waals surface area contributed by atoms with E-state index in [1.54, 1.807) is 12.4 Å². The molecular weight excluding hydrogens is 406 g/mol. The van der Waals surface area contributed by atoms with E-state index in [4.69, 9.17) is 9.97 Å². The number of hydrogen-bond acceptors (Lipinski definition) is 5. The highest BCUT2D eigenvalue weighted by atomic mass is 15.1. The fourth-order valence-corrected chi connectivity index (χ4v) is 3.69. The lowest BCUT2D eigenvalue weighted by atomic mass is 10.0. The molecule has 0 unspecified atom stereocenters. The standard InChI is InChI=1S/C28H27N5/c1-5-7-24(14-19(2)3)27-20(4)15-21(17-31-27)18-32-28-30-13-11-26(33-28)23-9-10-25-22(16-23)8-6-12-29-25/h5-17H,2,18H2,1,3-4H3,(H,30,32,33)/b7-5-,24-14+. The molecule has 4 aromatic rings. The van der Waals surface area contributed by atoms with Gasteiger partial charge >= 0.3 is 0 Å². The van der Waals surface area contributed by atoms with Crippen LogP contribution in [-0.2, 0) is 6.54 Å². The molecule has 0 aliphatic heterocycles. The Hall–Kier alpha value is -4.12. The molecule has 0 saturated heterocycles. The Kier molecular flexibility index (Phi) is 6.69. The molecule has 1 aromatic carbocycles. The van der Waals surface area contributed by atoms with E-state index in [9.17, 15) is 0 Å². The molecule has 5 heteroatoms. The molecule has 4 rings (SSSR count). The van der Waals surface area contributed by atoms with Gasteiger partial charge in [0.25, 0.3) is 0 Å². The maximum absolute atomic E-state index is 4.71. The van der Waals surface area contributed by atoms with Gasteiger partial charge in [-0.1, -0.05) is 48.6 Å². The molecule has 0 amide bonds. The number of benzene rings is 1. The van der Waals surface area contributed by atoms with Crippen LogP contribution in [-0.4, -0.2) is 19.9 Å². The Morgan fingerprint density at radius 3 is 2.73 bits per heavy atom. The van der Waals surface area contributed by atoms with Gasteiger partial charge in [-0.15, -0.1) is 0 Å². The van der Waals surface area contributed by atoms with E-state index in [1.165, 1.54) is 0 Å². The molecule has 0 aliphatic rings. The third-order valence-corrected chi connectivity index (χ3v) is 5.16. The molecular formula is C28H27N5. The Balaban J connectivity index is 1.51. The van der Waals surface area contributed by atoms with Crippen LogP contribution in [0.2, 0.25) is 0 Å². The van der Waals surface area contributed by atoms with Gasteiger partial charge in [-0.05, 0) is 56.2 Å². The van der Waals surface area contributed by atoms with Gasteiger partial charge in [-0.3, -0.25) is 9.97 Å². The van der Waals surface area contributed by atoms with Crippen molar-refractivity contribution in [3.05, 3.63) is 108 Å². The number of allylic oxidation sites excluding steroid dienone is 5. The van der Waals surface area contributed by atoms with Crippen molar-refractivity contribution in [2.24, 2.45) is 0 Å². The van der Waals surface area contributed by atoms with Gasteiger partial charge in [0.15, 0.2) is 0 Å². The molecule has 1 N–H and O–H groups in total. The molecule has 0 spiro atoms. The van der Waals surface area contributed by atoms with Crippen molar-refractivity contribution in [2.45, 2.75) is 27.3 Å². The minimum atomic E-state index is 0.581. The highest BCUT2D eigenvalue weighted by molar-refractivity contribution is 5.83. The fourth-order valence-electron chi connectivity index (χ4n) is 3.69. The number of aromatic nitrogens is 4. The average Bonchev–Trinajstić information content (AvgIpc) is 2.82. The summed E-state index contributed by atoms with van der Waals surface area (Å²) in [5, 5.41) is 4.41. The summed E-state index contributed by atoms with van der Waals surface area (Å²) in [7, 11) is 0. The molecule has 33 heavy (non-hydrogen) atoms. The molecule has 0 aliphatic carbocycles. The van der Waals surface area contributed by atoms with Crippen molar-refractivity contribution in [3.63, 3.8) is 0 Å². The highest BCUT2D eigenvalue weighted by Crippen LogP contribution is 2.23. The van der Waals surface area contributed by atoms with E-state index in [0.29, 0.717) is 12.5 Å². The highest BCUT2D eigenvalue weighted by Gasteiger charge is 2.08. The topological polar surface area (TPSA) is 63.6 Å². The lowest BCUT2D eigenvalue weighted by Gasteiger charge is -2.11. The van der Waals surface area contributed by atoms with Gasteiger partial charge in [-0.2, -0.15) is 0 Å². The van der Waals surface area contributed by atoms with Gasteiger partial charge in [0, 0.05) is 41.7 Å². The van der Waals surface area contributed by atoms with E-state index in [-0.39, 0.29) is 0 Å². The number of fused-ring (bicyclic) bond motifs is 1. The van der Waals surface area contributed by atoms with E-state index in [2.05, 4.69) is 59.1 Å². The maximum Gasteiger partial charge on any atom is 0.223 e. The van der Waals surface area contributed by atoms with Crippen LogP contribution in [0.1, 0.15) is 30.7 Å². The third-order valence-electron chi connectivity index (χ3n) is 5.16. The van der Waals surface area contributed by atoms with E-state index >= 15 is 0 Å². The molecule has 164 valence electrons. The largest absolute Gasteiger partial charge is 0.350 e. The minimum Gasteiger partial charge on any atom is -0.350 e. The van der Waals surface area contributed by atoms with Crippen LogP contribution >= 0.6 is 0 Å². The molecule has 5 nitrogen and oxygen atoms in total. The van der Waals surface area contributed by atoms with Crippen molar-refractivity contribution >= 4 is 22.4 Å². The van der Waals surface area contributed by atoms with Crippen LogP contribution in [0.5, 0.6) is 0 Å². The number of rotatable bonds is 7. The van der Waals surface area contributed by atoms with Crippen LogP contribution in [0.25, 0.3) is 27.7 Å². The Morgan fingerprint density at radius 1 is 1.06 bits per heavy atom. The van der Waals surface area contributed by atoms with Crippen LogP contribution in [0.3, 0.4) is 0 Å². The van der Waals surface area contributed by atoms with Crippen LogP contribution in [0, 0.1) is 6.92 Å². The Bertz CT molecular complexity index is 1370. The molecule has 0 fully saturated rings. The summed E-state index contributed by atoms with van der Waals surface area (Å²) < 4.78 is 0. The molecule has 0 saturated carbocycles. The van der Waals surface area contributed by atoms with Gasteiger partial charge in [-0.25, -0.2) is 9.97 Å². The number of nitrogens with zero attached hydrogens (tertiary/aromatic N) is 4. The van der Waals surface area contributed by atoms with E-state index in [1.807, 2.05) is 50.4 Å². The summed E-state index contributed by atoms with van der Waals surface area (Å²) in [5.74, 6) is 0.581. The van der Waals surface area contributed by atoms with Gasteiger partial charge in [0.2, 0.25) is 5.95 Å². The number of nitrogens with one attached hydrogen (secondary N) is 1. The average molecular weight is 434 g/mol. The lowest BCUT2D eigenvalue weighted by molar-refractivity contribution is 1.03. The van der Waals surface area contributed by atoms with Crippen LogP contribution in [0.15, 0.2) is 91.4 Å². The monoisotopic (exact) mass is 433 g/mol. The first kappa shape index (κ1) is 22.1. The second-order valence-corrected chi connectivity index (χ2v) is 7.99. The summed E-state index contributed by atoms with van der Waals surface area (Å²) in [5.41, 5.74) is 8.06. The van der Waals surface area contributed by atoms with E-state index in [0.717, 1.165) is 50.1 Å². The van der Waals surface area contributed by atoms with Crippen molar-refractivity contribution < 1.29 is 0 Å². The maximum atomic E-state index is 4.71. The molecule has 3 heterocycles. The van der Waals surface area contributed by atoms with Gasteiger partial charge in [0.1, 0.15) is 0 Å². The quantitative estimate of drug-likeness (QED) is 0.335. The predicted octanol–water partition coefficient (Wildman–Crippen LogP) is 6.54. The third kappa shape index (κ3) is 5.39. The molecule has 0 bridgehead atoms. The second-order valence-electron chi connectivity index (χ2n) is 7.99. The minimum absolute atomic E-state index is 0.581. The first-order chi connectivity index (χ1) is 16.0. The predicted molar refractivity (Wildman–Crippen MR) is 137 cm³/mol. The number of aryl methyl sites for hydroxylation is 1. The van der Waals surface area contributed by atoms with Crippen molar-refractivity contribution in [1.82, 2.24) is 19.9 Å². The molecule has 0 radical (unpaired) electrons. The van der Waals surface area contributed by atoms with Crippen molar-refractivity contribution in [1.29, 1.82) is 0 Å².